The molecule has 1 aromatic heterocycles. The number of thiazole rings is 1. The van der Waals surface area contributed by atoms with Crippen LogP contribution in [0.2, 0.25) is 10.0 Å². The van der Waals surface area contributed by atoms with Crippen LogP contribution >= 0.6 is 34.5 Å². The lowest BCUT2D eigenvalue weighted by Crippen LogP contribution is -2.39. The van der Waals surface area contributed by atoms with Crippen LogP contribution in [-0.2, 0) is 9.53 Å². The van der Waals surface area contributed by atoms with Crippen molar-refractivity contribution in [2.45, 2.75) is 38.3 Å². The highest BCUT2D eigenvalue weighted by molar-refractivity contribution is 7.07. The summed E-state index contributed by atoms with van der Waals surface area (Å²) in [7, 11) is 0. The van der Waals surface area contributed by atoms with Gasteiger partial charge in [-0.25, -0.2) is 0 Å². The second-order valence-electron chi connectivity index (χ2n) is 6.44. The van der Waals surface area contributed by atoms with Gasteiger partial charge in [0.15, 0.2) is 4.80 Å². The summed E-state index contributed by atoms with van der Waals surface area (Å²) in [4.78, 5) is 29.8. The van der Waals surface area contributed by atoms with Crippen LogP contribution in [0.3, 0.4) is 0 Å². The Labute approximate surface area is 177 Å². The summed E-state index contributed by atoms with van der Waals surface area (Å²) in [5, 5.41) is 5.42. The lowest BCUT2D eigenvalue weighted by atomic mass is 10.2. The fraction of sp³-hybridized carbons (Fsp3) is 0.421. The molecule has 1 aromatic carbocycles. The molecule has 9 heteroatoms. The minimum Gasteiger partial charge on any atom is -0.376 e. The van der Waals surface area contributed by atoms with Crippen LogP contribution in [0.1, 0.15) is 42.6 Å². The van der Waals surface area contributed by atoms with Crippen molar-refractivity contribution in [3.05, 3.63) is 50.2 Å². The fourth-order valence-corrected chi connectivity index (χ4v) is 4.09. The maximum absolute atomic E-state index is 12.7. The summed E-state index contributed by atoms with van der Waals surface area (Å²) in [6, 6.07) is 4.17. The Morgan fingerprint density at radius 1 is 1.39 bits per heavy atom. The predicted molar refractivity (Wildman–Crippen MR) is 110 cm³/mol. The molecule has 2 atom stereocenters. The van der Waals surface area contributed by atoms with Crippen LogP contribution in [0.25, 0.3) is 0 Å². The van der Waals surface area contributed by atoms with Crippen molar-refractivity contribution in [2.75, 3.05) is 13.2 Å². The number of amides is 2. The summed E-state index contributed by atoms with van der Waals surface area (Å²) in [6.45, 7) is 3.16. The van der Waals surface area contributed by atoms with Crippen LogP contribution in [0, 0.1) is 0 Å². The average molecular weight is 442 g/mol. The summed E-state index contributed by atoms with van der Waals surface area (Å²) in [5.74, 6) is -0.552. The molecule has 3 rings (SSSR count). The zero-order valence-corrected chi connectivity index (χ0v) is 17.7. The summed E-state index contributed by atoms with van der Waals surface area (Å²) in [6.07, 6.45) is 4.40. The Kier molecular flexibility index (Phi) is 7.29. The highest BCUT2D eigenvalue weighted by Crippen LogP contribution is 2.23. The number of carbonyl (C=O) groups excluding carboxylic acids is 2. The second-order valence-corrected chi connectivity index (χ2v) is 8.13. The molecular weight excluding hydrogens is 421 g/mol. The zero-order valence-electron chi connectivity index (χ0n) is 15.4. The van der Waals surface area contributed by atoms with Crippen LogP contribution in [0.5, 0.6) is 0 Å². The Balaban J connectivity index is 1.77. The number of ether oxygens (including phenoxy) is 1. The first-order chi connectivity index (χ1) is 13.5. The summed E-state index contributed by atoms with van der Waals surface area (Å²) >= 11 is 13.2. The van der Waals surface area contributed by atoms with E-state index in [4.69, 9.17) is 27.9 Å². The molecule has 2 heterocycles. The molecule has 1 aliphatic heterocycles. The monoisotopic (exact) mass is 441 g/mol. The fourth-order valence-electron chi connectivity index (χ4n) is 3.03. The number of nitrogens with zero attached hydrogens (tertiary/aromatic N) is 2. The van der Waals surface area contributed by atoms with Gasteiger partial charge < -0.3 is 14.6 Å². The van der Waals surface area contributed by atoms with Crippen molar-refractivity contribution >= 4 is 46.4 Å². The van der Waals surface area contributed by atoms with Gasteiger partial charge in [0.1, 0.15) is 6.04 Å². The van der Waals surface area contributed by atoms with Crippen LogP contribution in [0.4, 0.5) is 0 Å². The van der Waals surface area contributed by atoms with E-state index in [9.17, 15) is 9.59 Å². The van der Waals surface area contributed by atoms with Gasteiger partial charge in [0.2, 0.25) is 5.91 Å². The summed E-state index contributed by atoms with van der Waals surface area (Å²) in [5.41, 5.74) is 0.338. The van der Waals surface area contributed by atoms with E-state index in [1.165, 1.54) is 17.4 Å². The quantitative estimate of drug-likeness (QED) is 0.739. The van der Waals surface area contributed by atoms with E-state index in [2.05, 4.69) is 10.3 Å². The van der Waals surface area contributed by atoms with E-state index >= 15 is 0 Å². The SMILES string of the molecule is CC[C@@H](C(=O)NC[C@@H]1CCCO1)n1ccsc1=NC(=O)c1ccc(Cl)c(Cl)c1. The Morgan fingerprint density at radius 3 is 2.89 bits per heavy atom. The first-order valence-corrected chi connectivity index (χ1v) is 10.7. The number of carbonyl (C=O) groups is 2. The molecule has 0 aliphatic carbocycles. The normalized spacial score (nSPS) is 18.2. The van der Waals surface area contributed by atoms with Crippen molar-refractivity contribution in [3.63, 3.8) is 0 Å². The number of nitrogens with one attached hydrogen (secondary N) is 1. The second kappa shape index (κ2) is 9.69. The van der Waals surface area contributed by atoms with Crippen molar-refractivity contribution < 1.29 is 14.3 Å². The van der Waals surface area contributed by atoms with Gasteiger partial charge >= 0.3 is 0 Å². The third-order valence-corrected chi connectivity index (χ3v) is 6.04. The molecular formula is C19H21Cl2N3O3S. The molecule has 1 N–H and O–H groups in total. The highest BCUT2D eigenvalue weighted by atomic mass is 35.5. The van der Waals surface area contributed by atoms with Crippen LogP contribution in [-0.4, -0.2) is 35.6 Å². The van der Waals surface area contributed by atoms with Crippen molar-refractivity contribution in [1.82, 2.24) is 9.88 Å². The molecule has 0 bridgehead atoms. The average Bonchev–Trinajstić information content (AvgIpc) is 3.35. The largest absolute Gasteiger partial charge is 0.376 e. The lowest BCUT2D eigenvalue weighted by molar-refractivity contribution is -0.125. The maximum atomic E-state index is 12.7. The van der Waals surface area contributed by atoms with E-state index in [-0.39, 0.29) is 12.0 Å². The van der Waals surface area contributed by atoms with Crippen molar-refractivity contribution in [1.29, 1.82) is 0 Å². The summed E-state index contributed by atoms with van der Waals surface area (Å²) < 4.78 is 7.28. The number of halogens is 2. The van der Waals surface area contributed by atoms with Gasteiger partial charge in [0.25, 0.3) is 5.91 Å². The molecule has 0 spiro atoms. The van der Waals surface area contributed by atoms with E-state index < -0.39 is 11.9 Å². The van der Waals surface area contributed by atoms with Crippen LogP contribution < -0.4 is 10.1 Å². The molecule has 0 radical (unpaired) electrons. The van der Waals surface area contributed by atoms with Crippen molar-refractivity contribution in [3.8, 4) is 0 Å². The Bertz CT molecular complexity index is 919. The molecule has 2 aromatic rings. The van der Waals surface area contributed by atoms with Gasteiger partial charge in [0, 0.05) is 30.3 Å². The molecule has 1 aliphatic rings. The standard InChI is InChI=1S/C19H21Cl2N3O3S/c1-2-16(18(26)22-11-13-4-3-8-27-13)24-7-9-28-19(24)23-17(25)12-5-6-14(20)15(21)10-12/h5-7,9-10,13,16H,2-4,8,11H2,1H3,(H,22,26)/t13-,16-/m0/s1. The predicted octanol–water partition coefficient (Wildman–Crippen LogP) is 3.84. The Morgan fingerprint density at radius 2 is 2.21 bits per heavy atom. The molecule has 1 fully saturated rings. The molecule has 1 saturated heterocycles. The van der Waals surface area contributed by atoms with E-state index in [0.29, 0.717) is 33.4 Å². The first kappa shape index (κ1) is 21.0. The highest BCUT2D eigenvalue weighted by Gasteiger charge is 2.22. The van der Waals surface area contributed by atoms with E-state index in [0.717, 1.165) is 19.4 Å². The number of hydrogen-bond donors (Lipinski definition) is 1. The van der Waals surface area contributed by atoms with Crippen molar-refractivity contribution in [2.24, 2.45) is 4.99 Å². The minimum absolute atomic E-state index is 0.0781. The lowest BCUT2D eigenvalue weighted by Gasteiger charge is -2.18. The van der Waals surface area contributed by atoms with Gasteiger partial charge in [-0.05, 0) is 37.5 Å². The zero-order chi connectivity index (χ0) is 20.1. The third-order valence-electron chi connectivity index (χ3n) is 4.53. The molecule has 0 saturated carbocycles. The number of rotatable bonds is 6. The molecule has 28 heavy (non-hydrogen) atoms. The molecule has 150 valence electrons. The van der Waals surface area contributed by atoms with Gasteiger partial charge in [0.05, 0.1) is 16.1 Å². The smallest absolute Gasteiger partial charge is 0.279 e. The topological polar surface area (TPSA) is 72.7 Å². The maximum Gasteiger partial charge on any atom is 0.279 e. The Hall–Kier alpha value is -1.67. The van der Waals surface area contributed by atoms with Gasteiger partial charge in [-0.15, -0.1) is 11.3 Å². The number of hydrogen-bond acceptors (Lipinski definition) is 4. The third kappa shape index (κ3) is 5.03. The van der Waals surface area contributed by atoms with Gasteiger partial charge in [-0.1, -0.05) is 30.1 Å². The number of benzene rings is 1. The molecule has 2 amide bonds. The molecule has 6 nitrogen and oxygen atoms in total. The van der Waals surface area contributed by atoms with Crippen LogP contribution in [0.15, 0.2) is 34.8 Å². The van der Waals surface area contributed by atoms with E-state index in [1.54, 1.807) is 28.3 Å². The van der Waals surface area contributed by atoms with Gasteiger partial charge in [-0.3, -0.25) is 9.59 Å². The van der Waals surface area contributed by atoms with E-state index in [1.807, 2.05) is 6.92 Å². The number of aromatic nitrogens is 1. The van der Waals surface area contributed by atoms with Gasteiger partial charge in [-0.2, -0.15) is 4.99 Å². The first-order valence-electron chi connectivity index (χ1n) is 9.08. The minimum atomic E-state index is -0.451. The molecule has 0 unspecified atom stereocenters.